The zero-order valence-electron chi connectivity index (χ0n) is 15.8. The molecule has 6 rings (SSSR count). The molecule has 0 N–H and O–H groups in total. The van der Waals surface area contributed by atoms with Crippen molar-refractivity contribution in [3.05, 3.63) is 76.0 Å². The molecule has 9 heteroatoms. The van der Waals surface area contributed by atoms with Crippen molar-refractivity contribution in [3.63, 3.8) is 0 Å². The Labute approximate surface area is 176 Å². The minimum absolute atomic E-state index is 0.173. The minimum Gasteiger partial charge on any atom is -0.371 e. The average molecular weight is 421 g/mol. The molecular formula is C21H17ClN6O2. The Hall–Kier alpha value is -3.26. The molecule has 1 saturated carbocycles. The van der Waals surface area contributed by atoms with E-state index in [9.17, 15) is 4.79 Å². The van der Waals surface area contributed by atoms with E-state index in [0.29, 0.717) is 34.7 Å². The lowest BCUT2D eigenvalue weighted by Gasteiger charge is -2.21. The molecule has 2 aliphatic rings. The summed E-state index contributed by atoms with van der Waals surface area (Å²) in [5, 5.41) is 5.41. The predicted molar refractivity (Wildman–Crippen MR) is 111 cm³/mol. The van der Waals surface area contributed by atoms with Crippen molar-refractivity contribution >= 4 is 28.3 Å². The number of nitrogens with zero attached hydrogens (tertiary/aromatic N) is 6. The lowest BCUT2D eigenvalue weighted by molar-refractivity contribution is 0.363. The Morgan fingerprint density at radius 1 is 1.13 bits per heavy atom. The van der Waals surface area contributed by atoms with Crippen molar-refractivity contribution in [2.45, 2.75) is 12.5 Å². The summed E-state index contributed by atoms with van der Waals surface area (Å²) in [5.74, 6) is 2.49. The first-order valence-corrected chi connectivity index (χ1v) is 10.2. The topological polar surface area (TPSA) is 89.9 Å². The number of benzene rings is 1. The van der Waals surface area contributed by atoms with E-state index in [1.807, 2.05) is 18.2 Å². The summed E-state index contributed by atoms with van der Waals surface area (Å²) in [7, 11) is 0. The van der Waals surface area contributed by atoms with Crippen LogP contribution in [0.2, 0.25) is 5.02 Å². The third kappa shape index (κ3) is 2.87. The minimum atomic E-state index is -0.173. The highest BCUT2D eigenvalue weighted by Gasteiger charge is 2.58. The van der Waals surface area contributed by atoms with Crippen molar-refractivity contribution < 1.29 is 4.52 Å². The number of pyridine rings is 1. The second kappa shape index (κ2) is 6.63. The van der Waals surface area contributed by atoms with Gasteiger partial charge in [0.15, 0.2) is 11.5 Å². The zero-order chi connectivity index (χ0) is 20.2. The number of piperidine rings is 1. The van der Waals surface area contributed by atoms with Gasteiger partial charge in [-0.2, -0.15) is 4.98 Å². The highest BCUT2D eigenvalue weighted by molar-refractivity contribution is 6.30. The van der Waals surface area contributed by atoms with Crippen LogP contribution in [0.1, 0.15) is 17.6 Å². The second-order valence-corrected chi connectivity index (χ2v) is 8.27. The first-order valence-electron chi connectivity index (χ1n) is 9.80. The number of halogens is 1. The van der Waals surface area contributed by atoms with Crippen LogP contribution in [0.5, 0.6) is 0 Å². The van der Waals surface area contributed by atoms with Gasteiger partial charge in [-0.25, -0.2) is 9.97 Å². The van der Waals surface area contributed by atoms with Gasteiger partial charge in [0.25, 0.3) is 5.56 Å². The van der Waals surface area contributed by atoms with E-state index >= 15 is 0 Å². The number of hydrogen-bond donors (Lipinski definition) is 0. The fraction of sp³-hybridized carbons (Fsp3) is 0.286. The van der Waals surface area contributed by atoms with Gasteiger partial charge in [-0.3, -0.25) is 9.36 Å². The maximum atomic E-state index is 12.6. The molecule has 2 fully saturated rings. The number of fused-ring (bicyclic) bond motifs is 2. The Morgan fingerprint density at radius 3 is 2.83 bits per heavy atom. The van der Waals surface area contributed by atoms with E-state index in [1.54, 1.807) is 18.3 Å². The largest absolute Gasteiger partial charge is 0.371 e. The van der Waals surface area contributed by atoms with Gasteiger partial charge in [0, 0.05) is 35.9 Å². The summed E-state index contributed by atoms with van der Waals surface area (Å²) in [6.07, 6.45) is 3.08. The molecule has 1 aliphatic heterocycles. The molecule has 0 spiro atoms. The molecule has 150 valence electrons. The Morgan fingerprint density at radius 2 is 2.00 bits per heavy atom. The molecule has 1 aromatic carbocycles. The molecular weight excluding hydrogens is 404 g/mol. The molecule has 4 aromatic rings. The molecule has 0 radical (unpaired) electrons. The highest BCUT2D eigenvalue weighted by Crippen LogP contribution is 2.57. The first kappa shape index (κ1) is 17.6. The Kier molecular flexibility index (Phi) is 3.89. The Bertz CT molecular complexity index is 1310. The maximum absolute atomic E-state index is 12.6. The zero-order valence-corrected chi connectivity index (χ0v) is 16.6. The maximum Gasteiger partial charge on any atom is 0.263 e. The van der Waals surface area contributed by atoms with Crippen molar-refractivity contribution in [2.75, 3.05) is 18.0 Å². The molecule has 30 heavy (non-hydrogen) atoms. The van der Waals surface area contributed by atoms with Gasteiger partial charge in [-0.1, -0.05) is 22.8 Å². The summed E-state index contributed by atoms with van der Waals surface area (Å²) < 4.78 is 6.90. The number of hydrogen-bond acceptors (Lipinski definition) is 7. The summed E-state index contributed by atoms with van der Waals surface area (Å²) in [5.41, 5.74) is 1.41. The third-order valence-corrected chi connectivity index (χ3v) is 6.29. The van der Waals surface area contributed by atoms with Crippen LogP contribution in [-0.4, -0.2) is 37.8 Å². The Balaban J connectivity index is 1.16. The van der Waals surface area contributed by atoms with E-state index in [2.05, 4.69) is 31.1 Å². The molecule has 1 saturated heterocycles. The monoisotopic (exact) mass is 420 g/mol. The van der Waals surface area contributed by atoms with E-state index in [1.165, 1.54) is 10.9 Å². The van der Waals surface area contributed by atoms with Crippen LogP contribution in [0.25, 0.3) is 11.0 Å². The molecule has 3 atom stereocenters. The molecule has 3 aromatic heterocycles. The summed E-state index contributed by atoms with van der Waals surface area (Å²) in [6, 6.07) is 11.4. The van der Waals surface area contributed by atoms with Crippen LogP contribution in [0.4, 0.5) is 5.69 Å². The summed E-state index contributed by atoms with van der Waals surface area (Å²) in [6.45, 7) is 2.11. The number of aromatic nitrogens is 5. The van der Waals surface area contributed by atoms with E-state index in [0.717, 1.165) is 29.6 Å². The van der Waals surface area contributed by atoms with Gasteiger partial charge >= 0.3 is 0 Å². The fourth-order valence-corrected chi connectivity index (χ4v) is 4.70. The first-order chi connectivity index (χ1) is 14.7. The molecule has 0 bridgehead atoms. The van der Waals surface area contributed by atoms with Crippen LogP contribution in [0.3, 0.4) is 0 Å². The van der Waals surface area contributed by atoms with Crippen molar-refractivity contribution in [2.24, 2.45) is 11.8 Å². The van der Waals surface area contributed by atoms with E-state index < -0.39 is 0 Å². The highest BCUT2D eigenvalue weighted by atomic mass is 35.5. The lowest BCUT2D eigenvalue weighted by Crippen LogP contribution is -2.23. The third-order valence-electron chi connectivity index (χ3n) is 6.05. The van der Waals surface area contributed by atoms with Crippen LogP contribution in [0.15, 0.2) is 58.2 Å². The lowest BCUT2D eigenvalue weighted by atomic mass is 10.2. The smallest absolute Gasteiger partial charge is 0.263 e. The second-order valence-electron chi connectivity index (χ2n) is 7.84. The average Bonchev–Trinajstić information content (AvgIpc) is 3.10. The molecule has 0 amide bonds. The summed E-state index contributed by atoms with van der Waals surface area (Å²) in [4.78, 5) is 27.9. The van der Waals surface area contributed by atoms with Gasteiger partial charge in [0.1, 0.15) is 12.9 Å². The van der Waals surface area contributed by atoms with Crippen molar-refractivity contribution in [1.29, 1.82) is 0 Å². The molecule has 8 nitrogen and oxygen atoms in total. The fourth-order valence-electron chi connectivity index (χ4n) is 4.52. The number of rotatable bonds is 4. The van der Waals surface area contributed by atoms with E-state index in [-0.39, 0.29) is 12.1 Å². The van der Waals surface area contributed by atoms with Gasteiger partial charge in [0.2, 0.25) is 5.89 Å². The predicted octanol–water partition coefficient (Wildman–Crippen LogP) is 2.73. The molecule has 2 unspecified atom stereocenters. The van der Waals surface area contributed by atoms with Gasteiger partial charge < -0.3 is 9.42 Å². The van der Waals surface area contributed by atoms with Crippen LogP contribution < -0.4 is 10.5 Å². The normalized spacial score (nSPS) is 22.4. The van der Waals surface area contributed by atoms with Gasteiger partial charge in [-0.15, -0.1) is 0 Å². The van der Waals surface area contributed by atoms with Gasteiger partial charge in [-0.05, 0) is 42.2 Å². The van der Waals surface area contributed by atoms with Crippen molar-refractivity contribution in [1.82, 2.24) is 24.7 Å². The quantitative estimate of drug-likeness (QED) is 0.501. The van der Waals surface area contributed by atoms with Crippen molar-refractivity contribution in [3.8, 4) is 0 Å². The SMILES string of the molecule is O=c1c2cccnc2ncn1Cc1nc(C2C3CN(c4cccc(Cl)c4)C[C@H]32)no1. The van der Waals surface area contributed by atoms with Crippen LogP contribution in [0, 0.1) is 11.8 Å². The molecule has 1 aliphatic carbocycles. The number of anilines is 1. The molecule has 4 heterocycles. The summed E-state index contributed by atoms with van der Waals surface area (Å²) >= 11 is 6.12. The van der Waals surface area contributed by atoms with Gasteiger partial charge in [0.05, 0.1) is 5.39 Å². The van der Waals surface area contributed by atoms with Crippen LogP contribution >= 0.6 is 11.6 Å². The standard InChI is InChI=1S/C21H17ClN6O2/c22-12-3-1-4-13(7-12)27-8-15-16(9-27)18(15)20-25-17(30-26-20)10-28-11-24-19-14(21(28)29)5-2-6-23-19/h1-7,11,15-16,18H,8-10H2/t15-,16?,18?/m1/s1. The van der Waals surface area contributed by atoms with E-state index in [4.69, 9.17) is 16.1 Å². The van der Waals surface area contributed by atoms with Crippen LogP contribution in [-0.2, 0) is 6.54 Å².